The number of aryl methyl sites for hydroxylation is 2. The zero-order valence-electron chi connectivity index (χ0n) is 12.7. The Morgan fingerprint density at radius 3 is 2.74 bits per heavy atom. The summed E-state index contributed by atoms with van der Waals surface area (Å²) < 4.78 is 0. The van der Waals surface area contributed by atoms with Gasteiger partial charge >= 0.3 is 51.4 Å². The second-order valence-corrected chi connectivity index (χ2v) is 6.81. The molecule has 3 rings (SSSR count). The number of rotatable bonds is 0. The first-order valence-electron chi connectivity index (χ1n) is 7.27. The molecule has 98 valence electrons. The molecule has 0 aromatic heterocycles. The maximum atomic E-state index is 4.46. The SMILES string of the molecule is [CH2-]C1C2CCc3cc(C)ccc3C2CC[C@@]1([CH2-])C.[K+]. The smallest absolute Gasteiger partial charge is 0.342 e. The molecule has 0 aliphatic heterocycles. The minimum atomic E-state index is 0. The van der Waals surface area contributed by atoms with Crippen LogP contribution in [0.1, 0.15) is 48.8 Å². The van der Waals surface area contributed by atoms with E-state index in [1.54, 1.807) is 11.1 Å². The molecule has 0 nitrogen and oxygen atoms in total. The first-order valence-corrected chi connectivity index (χ1v) is 7.27. The summed E-state index contributed by atoms with van der Waals surface area (Å²) in [6, 6.07) is 7.04. The first-order chi connectivity index (χ1) is 8.49. The molecule has 19 heavy (non-hydrogen) atoms. The molecule has 1 fully saturated rings. The molecule has 2 aliphatic carbocycles. The van der Waals surface area contributed by atoms with Crippen LogP contribution in [0.15, 0.2) is 18.2 Å². The molecule has 0 heterocycles. The van der Waals surface area contributed by atoms with Crippen molar-refractivity contribution in [1.82, 2.24) is 0 Å². The Hall–Kier alpha value is 0.856. The molecule has 1 heteroatoms. The van der Waals surface area contributed by atoms with Crippen molar-refractivity contribution in [3.63, 3.8) is 0 Å². The van der Waals surface area contributed by atoms with Gasteiger partial charge < -0.3 is 13.8 Å². The monoisotopic (exact) mass is 279 g/mol. The van der Waals surface area contributed by atoms with Gasteiger partial charge in [-0.05, 0) is 43.2 Å². The molecule has 0 spiro atoms. The molecular weight excluding hydrogens is 255 g/mol. The molecule has 0 radical (unpaired) electrons. The summed E-state index contributed by atoms with van der Waals surface area (Å²) in [5.74, 6) is 1.99. The summed E-state index contributed by atoms with van der Waals surface area (Å²) in [4.78, 5) is 0. The third kappa shape index (κ3) is 2.92. The molecule has 1 aromatic carbocycles. The number of fused-ring (bicyclic) bond motifs is 3. The molecule has 0 N–H and O–H groups in total. The van der Waals surface area contributed by atoms with Gasteiger partial charge in [-0.3, -0.25) is 0 Å². The molecule has 0 amide bonds. The van der Waals surface area contributed by atoms with E-state index < -0.39 is 0 Å². The van der Waals surface area contributed by atoms with Crippen LogP contribution in [0.5, 0.6) is 0 Å². The van der Waals surface area contributed by atoms with Crippen molar-refractivity contribution >= 4 is 0 Å². The van der Waals surface area contributed by atoms with Crippen LogP contribution in [0.25, 0.3) is 0 Å². The van der Waals surface area contributed by atoms with Crippen LogP contribution in [-0.2, 0) is 6.42 Å². The molecule has 1 aromatic rings. The van der Waals surface area contributed by atoms with Crippen LogP contribution < -0.4 is 51.4 Å². The van der Waals surface area contributed by atoms with Crippen molar-refractivity contribution in [2.45, 2.75) is 45.4 Å². The molecule has 3 unspecified atom stereocenters. The van der Waals surface area contributed by atoms with Crippen LogP contribution in [0.3, 0.4) is 0 Å². The van der Waals surface area contributed by atoms with Gasteiger partial charge in [-0.2, -0.15) is 11.3 Å². The van der Waals surface area contributed by atoms with Gasteiger partial charge in [-0.25, -0.2) is 0 Å². The molecule has 2 aliphatic rings. The van der Waals surface area contributed by atoms with Crippen molar-refractivity contribution in [3.05, 3.63) is 48.7 Å². The molecule has 1 saturated carbocycles. The normalized spacial score (nSPS) is 36.9. The molecule has 0 saturated heterocycles. The first kappa shape index (κ1) is 16.2. The van der Waals surface area contributed by atoms with Crippen molar-refractivity contribution in [3.8, 4) is 0 Å². The van der Waals surface area contributed by atoms with E-state index in [2.05, 4.69) is 45.9 Å². The summed E-state index contributed by atoms with van der Waals surface area (Å²) in [6.07, 6.45) is 5.06. The largest absolute Gasteiger partial charge is 1.00 e. The van der Waals surface area contributed by atoms with Gasteiger partial charge in [0.25, 0.3) is 0 Å². The summed E-state index contributed by atoms with van der Waals surface area (Å²) >= 11 is 0. The fourth-order valence-electron chi connectivity index (χ4n) is 4.11. The summed E-state index contributed by atoms with van der Waals surface area (Å²) in [5.41, 5.74) is 4.79. The zero-order chi connectivity index (χ0) is 12.9. The van der Waals surface area contributed by atoms with E-state index in [0.29, 0.717) is 5.92 Å². The second kappa shape index (κ2) is 5.92. The minimum Gasteiger partial charge on any atom is -0.342 e. The quantitative estimate of drug-likeness (QED) is 0.501. The van der Waals surface area contributed by atoms with Crippen LogP contribution in [0.2, 0.25) is 0 Å². The Labute approximate surface area is 161 Å². The van der Waals surface area contributed by atoms with E-state index in [0.717, 1.165) is 11.8 Å². The van der Waals surface area contributed by atoms with Gasteiger partial charge in [-0.1, -0.05) is 43.0 Å². The third-order valence-electron chi connectivity index (χ3n) is 5.40. The van der Waals surface area contributed by atoms with Crippen LogP contribution in [0, 0.1) is 38.0 Å². The fourth-order valence-corrected chi connectivity index (χ4v) is 4.11. The Morgan fingerprint density at radius 2 is 2.00 bits per heavy atom. The van der Waals surface area contributed by atoms with Crippen molar-refractivity contribution in [1.29, 1.82) is 0 Å². The Kier molecular flexibility index (Phi) is 5.06. The predicted octanol–water partition coefficient (Wildman–Crippen LogP) is 1.73. The van der Waals surface area contributed by atoms with E-state index in [9.17, 15) is 0 Å². The van der Waals surface area contributed by atoms with Gasteiger partial charge in [0, 0.05) is 0 Å². The van der Waals surface area contributed by atoms with Gasteiger partial charge in [-0.15, -0.1) is 0 Å². The van der Waals surface area contributed by atoms with Crippen molar-refractivity contribution in [2.75, 3.05) is 0 Å². The van der Waals surface area contributed by atoms with Crippen molar-refractivity contribution in [2.24, 2.45) is 17.3 Å². The molecular formula is C18H24K-. The average Bonchev–Trinajstić information content (AvgIpc) is 2.33. The van der Waals surface area contributed by atoms with Gasteiger partial charge in [0.15, 0.2) is 0 Å². The number of hydrogen-bond acceptors (Lipinski definition) is 0. The molecule has 0 bridgehead atoms. The average molecular weight is 279 g/mol. The van der Waals surface area contributed by atoms with Gasteiger partial charge in [0.05, 0.1) is 0 Å². The van der Waals surface area contributed by atoms with Crippen molar-refractivity contribution < 1.29 is 51.4 Å². The van der Waals surface area contributed by atoms with Crippen LogP contribution >= 0.6 is 0 Å². The zero-order valence-corrected chi connectivity index (χ0v) is 15.8. The number of benzene rings is 1. The fraction of sp³-hybridized carbons (Fsp3) is 0.556. The standard InChI is InChI=1S/C18H24.K/c1-12-5-7-16-14(11-12)6-8-15-13(2)18(3,4)10-9-17(15)16;/h5,7,11,13,15,17H,2-3,6,8-10H2,1,4H3;/q-2;+1/t13?,15?,17?,18-;/m1./s1. The van der Waals surface area contributed by atoms with E-state index >= 15 is 0 Å². The van der Waals surface area contributed by atoms with E-state index in [4.69, 9.17) is 0 Å². The Bertz CT molecular complexity index is 461. The predicted molar refractivity (Wildman–Crippen MR) is 77.3 cm³/mol. The second-order valence-electron chi connectivity index (χ2n) is 6.81. The topological polar surface area (TPSA) is 0 Å². The van der Waals surface area contributed by atoms with E-state index in [1.165, 1.54) is 31.2 Å². The van der Waals surface area contributed by atoms with Gasteiger partial charge in [0.2, 0.25) is 0 Å². The maximum absolute atomic E-state index is 4.46. The minimum absolute atomic E-state index is 0. The Balaban J connectivity index is 0.00000133. The summed E-state index contributed by atoms with van der Waals surface area (Å²) in [5, 5.41) is 0. The van der Waals surface area contributed by atoms with Crippen LogP contribution in [-0.4, -0.2) is 0 Å². The Morgan fingerprint density at radius 1 is 1.26 bits per heavy atom. The summed E-state index contributed by atoms with van der Waals surface area (Å²) in [6.45, 7) is 13.4. The van der Waals surface area contributed by atoms with Crippen LogP contribution in [0.4, 0.5) is 0 Å². The summed E-state index contributed by atoms with van der Waals surface area (Å²) in [7, 11) is 0. The van der Waals surface area contributed by atoms with E-state index in [1.807, 2.05) is 0 Å². The third-order valence-corrected chi connectivity index (χ3v) is 5.40. The van der Waals surface area contributed by atoms with Gasteiger partial charge in [0.1, 0.15) is 0 Å². The molecule has 4 atom stereocenters. The van der Waals surface area contributed by atoms with E-state index in [-0.39, 0.29) is 56.8 Å². The maximum Gasteiger partial charge on any atom is 1.00 e. The number of hydrogen-bond donors (Lipinski definition) is 0.